The summed E-state index contributed by atoms with van der Waals surface area (Å²) < 4.78 is 10.0. The van der Waals surface area contributed by atoms with Gasteiger partial charge in [0.05, 0.1) is 0 Å². The smallest absolute Gasteiger partial charge is 0.245 e. The number of hydrogen-bond donors (Lipinski definition) is 1. The van der Waals surface area contributed by atoms with Crippen LogP contribution in [0, 0.1) is 0 Å². The van der Waals surface area contributed by atoms with Crippen molar-refractivity contribution in [3.05, 3.63) is 96.5 Å². The van der Waals surface area contributed by atoms with E-state index in [9.17, 15) is 9.90 Å². The Morgan fingerprint density at radius 3 is 2.50 bits per heavy atom. The number of aromatic hydroxyl groups is 1. The predicted octanol–water partition coefficient (Wildman–Crippen LogP) is 1.32. The summed E-state index contributed by atoms with van der Waals surface area (Å²) in [7, 11) is 0. The number of phenols is 1. The van der Waals surface area contributed by atoms with Crippen LogP contribution in [-0.2, 0) is 13.1 Å². The third kappa shape index (κ3) is 3.74. The number of para-hydroxylation sites is 3. The van der Waals surface area contributed by atoms with E-state index in [1.807, 2.05) is 59.4 Å². The quantitative estimate of drug-likeness (QED) is 0.316. The van der Waals surface area contributed by atoms with Crippen molar-refractivity contribution in [1.29, 1.82) is 0 Å². The summed E-state index contributed by atoms with van der Waals surface area (Å²) in [5, 5.41) is 10.5. The number of halogens is 1. The Kier molecular flexibility index (Phi) is 5.42. The van der Waals surface area contributed by atoms with E-state index in [0.717, 1.165) is 27.8 Å². The molecule has 0 aliphatic heterocycles. The number of phenolic OH excluding ortho intramolecular Hbond substituents is 1. The standard InChI is InChI=1S/C24H18N2O3.BrH/c27-19-11-9-17(10-12-19)23(28)15-26-16-25(21-6-2-3-7-22(21)26)14-20-13-18-5-1-4-8-24(18)29-20;/h1-13,16H,14-15H2;1H. The van der Waals surface area contributed by atoms with Crippen molar-refractivity contribution in [2.75, 3.05) is 0 Å². The van der Waals surface area contributed by atoms with Crippen LogP contribution in [0.2, 0.25) is 0 Å². The number of furan rings is 1. The second kappa shape index (κ2) is 8.16. The average molecular weight is 463 g/mol. The van der Waals surface area contributed by atoms with Gasteiger partial charge in [0.1, 0.15) is 23.6 Å². The summed E-state index contributed by atoms with van der Waals surface area (Å²) in [6, 6.07) is 24.4. The van der Waals surface area contributed by atoms with Crippen LogP contribution in [0.4, 0.5) is 0 Å². The summed E-state index contributed by atoms with van der Waals surface area (Å²) in [4.78, 5) is 12.7. The second-order valence-electron chi connectivity index (χ2n) is 7.08. The second-order valence-corrected chi connectivity index (χ2v) is 7.08. The van der Waals surface area contributed by atoms with Crippen LogP contribution in [0.25, 0.3) is 22.0 Å². The van der Waals surface area contributed by atoms with Gasteiger partial charge in [-0.15, -0.1) is 0 Å². The van der Waals surface area contributed by atoms with E-state index >= 15 is 0 Å². The SMILES string of the molecule is O=C(C[n+]1cn(Cc2cc3ccccc3o2)c2ccccc21)c1ccc(O)cc1.[Br-]. The number of benzene rings is 3. The number of imidazole rings is 1. The minimum Gasteiger partial charge on any atom is -1.00 e. The van der Waals surface area contributed by atoms with Gasteiger partial charge in [-0.1, -0.05) is 30.3 Å². The lowest BCUT2D eigenvalue weighted by molar-refractivity contribution is -0.657. The van der Waals surface area contributed by atoms with E-state index in [-0.39, 0.29) is 35.1 Å². The van der Waals surface area contributed by atoms with Crippen molar-refractivity contribution >= 4 is 27.8 Å². The zero-order chi connectivity index (χ0) is 19.8. The molecule has 2 aromatic heterocycles. The molecule has 0 radical (unpaired) electrons. The third-order valence-electron chi connectivity index (χ3n) is 5.09. The number of rotatable bonds is 5. The van der Waals surface area contributed by atoms with Gasteiger partial charge in [-0.3, -0.25) is 4.79 Å². The molecule has 30 heavy (non-hydrogen) atoms. The van der Waals surface area contributed by atoms with Gasteiger partial charge in [0, 0.05) is 10.9 Å². The number of nitrogens with zero attached hydrogens (tertiary/aromatic N) is 2. The fourth-order valence-electron chi connectivity index (χ4n) is 3.67. The van der Waals surface area contributed by atoms with Gasteiger partial charge in [0.2, 0.25) is 12.1 Å². The van der Waals surface area contributed by atoms with Crippen molar-refractivity contribution in [3.8, 4) is 5.75 Å². The van der Waals surface area contributed by atoms with Gasteiger partial charge in [0.25, 0.3) is 0 Å². The minimum atomic E-state index is -0.0124. The minimum absolute atomic E-state index is 0. The number of hydrogen-bond acceptors (Lipinski definition) is 3. The molecule has 0 aliphatic carbocycles. The molecule has 150 valence electrons. The molecule has 0 atom stereocenters. The molecule has 0 aliphatic rings. The van der Waals surface area contributed by atoms with Gasteiger partial charge in [0.15, 0.2) is 17.6 Å². The number of aromatic nitrogens is 2. The summed E-state index contributed by atoms with van der Waals surface area (Å²) >= 11 is 0. The van der Waals surface area contributed by atoms with Crippen LogP contribution in [0.5, 0.6) is 5.75 Å². The van der Waals surface area contributed by atoms with E-state index in [4.69, 9.17) is 4.42 Å². The van der Waals surface area contributed by atoms with Gasteiger partial charge < -0.3 is 26.5 Å². The molecule has 0 fully saturated rings. The molecule has 0 spiro atoms. The Morgan fingerprint density at radius 1 is 0.967 bits per heavy atom. The monoisotopic (exact) mass is 462 g/mol. The Bertz CT molecular complexity index is 1300. The summed E-state index contributed by atoms with van der Waals surface area (Å²) in [6.07, 6.45) is 1.95. The topological polar surface area (TPSA) is 59.2 Å². The predicted molar refractivity (Wildman–Crippen MR) is 110 cm³/mol. The lowest BCUT2D eigenvalue weighted by Gasteiger charge is -1.99. The highest BCUT2D eigenvalue weighted by Gasteiger charge is 2.19. The van der Waals surface area contributed by atoms with E-state index in [0.29, 0.717) is 12.1 Å². The normalized spacial score (nSPS) is 10.9. The van der Waals surface area contributed by atoms with Crippen LogP contribution < -0.4 is 21.5 Å². The van der Waals surface area contributed by atoms with Crippen LogP contribution in [0.15, 0.2) is 89.6 Å². The molecule has 5 aromatic rings. The summed E-state index contributed by atoms with van der Waals surface area (Å²) in [5.41, 5.74) is 3.46. The van der Waals surface area contributed by atoms with Gasteiger partial charge in [-0.2, -0.15) is 0 Å². The number of ketones is 1. The largest absolute Gasteiger partial charge is 1.00 e. The van der Waals surface area contributed by atoms with Gasteiger partial charge in [-0.05, 0) is 48.5 Å². The molecule has 3 aromatic carbocycles. The van der Waals surface area contributed by atoms with Gasteiger partial charge >= 0.3 is 0 Å². The lowest BCUT2D eigenvalue weighted by Crippen LogP contribution is -3.00. The number of fused-ring (bicyclic) bond motifs is 2. The molecule has 5 nitrogen and oxygen atoms in total. The summed E-state index contributed by atoms with van der Waals surface area (Å²) in [6.45, 7) is 0.800. The van der Waals surface area contributed by atoms with E-state index < -0.39 is 0 Å². The molecule has 1 N–H and O–H groups in total. The molecule has 0 unspecified atom stereocenters. The fourth-order valence-corrected chi connectivity index (χ4v) is 3.67. The Labute approximate surface area is 183 Å². The van der Waals surface area contributed by atoms with Crippen molar-refractivity contribution in [1.82, 2.24) is 4.57 Å². The Balaban J connectivity index is 0.00000218. The van der Waals surface area contributed by atoms with Crippen LogP contribution in [-0.4, -0.2) is 15.5 Å². The number of Topliss-reactive ketones (excluding diaryl/α,β-unsaturated/α-hetero) is 1. The lowest BCUT2D eigenvalue weighted by atomic mass is 10.1. The van der Waals surface area contributed by atoms with Crippen LogP contribution in [0.3, 0.4) is 0 Å². The number of carbonyl (C=O) groups is 1. The first-order valence-electron chi connectivity index (χ1n) is 9.44. The van der Waals surface area contributed by atoms with Gasteiger partial charge in [-0.25, -0.2) is 9.13 Å². The van der Waals surface area contributed by atoms with E-state index in [1.165, 1.54) is 12.1 Å². The van der Waals surface area contributed by atoms with Crippen molar-refractivity contribution in [2.45, 2.75) is 13.1 Å². The first kappa shape index (κ1) is 19.9. The maximum atomic E-state index is 12.7. The molecule has 0 saturated heterocycles. The Morgan fingerprint density at radius 2 is 1.70 bits per heavy atom. The fraction of sp³-hybridized carbons (Fsp3) is 0.0833. The maximum absolute atomic E-state index is 12.7. The highest BCUT2D eigenvalue weighted by Crippen LogP contribution is 2.21. The van der Waals surface area contributed by atoms with Crippen LogP contribution in [0.1, 0.15) is 16.1 Å². The van der Waals surface area contributed by atoms with Crippen molar-refractivity contribution in [2.24, 2.45) is 0 Å². The zero-order valence-corrected chi connectivity index (χ0v) is 17.6. The Hall–Kier alpha value is -3.38. The average Bonchev–Trinajstić information content (AvgIpc) is 3.30. The third-order valence-corrected chi connectivity index (χ3v) is 5.09. The van der Waals surface area contributed by atoms with Crippen LogP contribution >= 0.6 is 0 Å². The highest BCUT2D eigenvalue weighted by atomic mass is 79.9. The highest BCUT2D eigenvalue weighted by molar-refractivity contribution is 5.95. The summed E-state index contributed by atoms with van der Waals surface area (Å²) in [5.74, 6) is 1.00. The molecular weight excluding hydrogens is 444 g/mol. The van der Waals surface area contributed by atoms with E-state index in [2.05, 4.69) is 10.6 Å². The first-order chi connectivity index (χ1) is 14.2. The zero-order valence-electron chi connectivity index (χ0n) is 16.0. The number of carbonyl (C=O) groups excluding carboxylic acids is 1. The first-order valence-corrected chi connectivity index (χ1v) is 9.44. The maximum Gasteiger partial charge on any atom is 0.245 e. The molecule has 0 saturated carbocycles. The van der Waals surface area contributed by atoms with Crippen molar-refractivity contribution in [3.63, 3.8) is 0 Å². The molecule has 5 rings (SSSR count). The molecule has 0 bridgehead atoms. The molecule has 2 heterocycles. The molecular formula is C24H19BrN2O3. The van der Waals surface area contributed by atoms with Crippen molar-refractivity contribution < 1.29 is 35.9 Å². The van der Waals surface area contributed by atoms with E-state index in [1.54, 1.807) is 12.1 Å². The molecule has 0 amide bonds. The molecule has 6 heteroatoms.